The zero-order valence-corrected chi connectivity index (χ0v) is 15.3. The average Bonchev–Trinajstić information content (AvgIpc) is 3.32. The number of carbonyl (C=O) groups excluding carboxylic acids is 2. The Hall–Kier alpha value is -2.63. The van der Waals surface area contributed by atoms with Crippen molar-refractivity contribution >= 4 is 11.8 Å². The highest BCUT2D eigenvalue weighted by atomic mass is 16.2. The van der Waals surface area contributed by atoms with E-state index < -0.39 is 5.41 Å². The van der Waals surface area contributed by atoms with Gasteiger partial charge in [-0.3, -0.25) is 14.3 Å². The molecule has 6 heteroatoms. The maximum absolute atomic E-state index is 13.0. The van der Waals surface area contributed by atoms with Crippen LogP contribution in [-0.2, 0) is 23.1 Å². The lowest BCUT2D eigenvalue weighted by molar-refractivity contribution is -0.135. The van der Waals surface area contributed by atoms with E-state index in [0.29, 0.717) is 19.6 Å². The third-order valence-corrected chi connectivity index (χ3v) is 5.85. The summed E-state index contributed by atoms with van der Waals surface area (Å²) in [4.78, 5) is 29.4. The minimum atomic E-state index is -0.490. The number of likely N-dealkylation sites (tertiary alicyclic amines) is 2. The first-order chi connectivity index (χ1) is 12.5. The zero-order valence-electron chi connectivity index (χ0n) is 15.3. The van der Waals surface area contributed by atoms with Crippen LogP contribution in [0.25, 0.3) is 0 Å². The molecule has 0 saturated carbocycles. The van der Waals surface area contributed by atoms with Crippen molar-refractivity contribution < 1.29 is 9.59 Å². The minimum Gasteiger partial charge on any atom is -0.345 e. The van der Waals surface area contributed by atoms with E-state index in [4.69, 9.17) is 0 Å². The van der Waals surface area contributed by atoms with Gasteiger partial charge in [0.05, 0.1) is 17.5 Å². The molecule has 2 fully saturated rings. The summed E-state index contributed by atoms with van der Waals surface area (Å²) in [6.45, 7) is 1.85. The second-order valence-electron chi connectivity index (χ2n) is 7.53. The highest BCUT2D eigenvalue weighted by molar-refractivity contribution is 5.89. The third-order valence-electron chi connectivity index (χ3n) is 5.85. The second kappa shape index (κ2) is 6.27. The van der Waals surface area contributed by atoms with E-state index in [-0.39, 0.29) is 24.2 Å². The molecule has 136 valence electrons. The molecule has 0 aliphatic carbocycles. The molecular formula is C20H24N4O2. The summed E-state index contributed by atoms with van der Waals surface area (Å²) in [5.74, 6) is 0.350. The van der Waals surface area contributed by atoms with Gasteiger partial charge >= 0.3 is 0 Å². The van der Waals surface area contributed by atoms with E-state index in [1.54, 1.807) is 4.68 Å². The molecule has 6 nitrogen and oxygen atoms in total. The van der Waals surface area contributed by atoms with Gasteiger partial charge in [-0.05, 0) is 18.1 Å². The van der Waals surface area contributed by atoms with Gasteiger partial charge in [0.15, 0.2) is 0 Å². The summed E-state index contributed by atoms with van der Waals surface area (Å²) in [5.41, 5.74) is 1.47. The van der Waals surface area contributed by atoms with Gasteiger partial charge in [0.2, 0.25) is 11.8 Å². The largest absolute Gasteiger partial charge is 0.345 e. The lowest BCUT2D eigenvalue weighted by Crippen LogP contribution is -2.39. The van der Waals surface area contributed by atoms with Crippen LogP contribution in [0, 0.1) is 5.41 Å². The van der Waals surface area contributed by atoms with Gasteiger partial charge in [0.1, 0.15) is 0 Å². The number of aryl methyl sites for hydroxylation is 1. The standard InChI is InChI=1S/C20H24N4O2/c1-22-13-17(15-6-4-3-5-7-15)20(19(22)26)9-11-24(14-20)18(25)12-16-8-10-23(2)21-16/h3-8,10,17H,9,11-14H2,1-2H3. The van der Waals surface area contributed by atoms with Crippen molar-refractivity contribution in [2.75, 3.05) is 26.7 Å². The van der Waals surface area contributed by atoms with Gasteiger partial charge in [0, 0.05) is 45.8 Å². The molecule has 26 heavy (non-hydrogen) atoms. The third kappa shape index (κ3) is 2.69. The van der Waals surface area contributed by atoms with Crippen LogP contribution in [0.1, 0.15) is 23.6 Å². The minimum absolute atomic E-state index is 0.0507. The summed E-state index contributed by atoms with van der Waals surface area (Å²) in [6, 6.07) is 12.1. The molecule has 2 saturated heterocycles. The van der Waals surface area contributed by atoms with Crippen molar-refractivity contribution in [3.8, 4) is 0 Å². The monoisotopic (exact) mass is 352 g/mol. The van der Waals surface area contributed by atoms with Crippen LogP contribution in [0.2, 0.25) is 0 Å². The number of benzene rings is 1. The number of aromatic nitrogens is 2. The predicted molar refractivity (Wildman–Crippen MR) is 97.4 cm³/mol. The SMILES string of the molecule is CN1CC(c2ccccc2)C2(CCN(C(=O)Cc3ccn(C)n3)C2)C1=O. The fraction of sp³-hybridized carbons (Fsp3) is 0.450. The van der Waals surface area contributed by atoms with Crippen molar-refractivity contribution in [1.82, 2.24) is 19.6 Å². The highest BCUT2D eigenvalue weighted by Gasteiger charge is 2.57. The highest BCUT2D eigenvalue weighted by Crippen LogP contribution is 2.49. The molecule has 0 radical (unpaired) electrons. The summed E-state index contributed by atoms with van der Waals surface area (Å²) in [7, 11) is 3.71. The summed E-state index contributed by atoms with van der Waals surface area (Å²) < 4.78 is 1.70. The number of carbonyl (C=O) groups is 2. The normalized spacial score (nSPS) is 25.5. The van der Waals surface area contributed by atoms with E-state index in [0.717, 1.165) is 12.1 Å². The van der Waals surface area contributed by atoms with Gasteiger partial charge < -0.3 is 9.80 Å². The predicted octanol–water partition coefficient (Wildman–Crippen LogP) is 1.44. The molecule has 1 aromatic carbocycles. The van der Waals surface area contributed by atoms with E-state index in [1.807, 2.05) is 54.4 Å². The topological polar surface area (TPSA) is 58.4 Å². The number of rotatable bonds is 3. The molecule has 2 aliphatic rings. The number of nitrogens with zero attached hydrogens (tertiary/aromatic N) is 4. The molecule has 2 unspecified atom stereocenters. The van der Waals surface area contributed by atoms with E-state index in [9.17, 15) is 9.59 Å². The quantitative estimate of drug-likeness (QED) is 0.840. The number of likely N-dealkylation sites (N-methyl/N-ethyl adjacent to an activating group) is 1. The van der Waals surface area contributed by atoms with Crippen LogP contribution in [0.3, 0.4) is 0 Å². The van der Waals surface area contributed by atoms with Gasteiger partial charge in [-0.15, -0.1) is 0 Å². The summed E-state index contributed by atoms with van der Waals surface area (Å²) in [5, 5.41) is 4.29. The van der Waals surface area contributed by atoms with Crippen LogP contribution in [0.15, 0.2) is 42.6 Å². The fourth-order valence-corrected chi connectivity index (χ4v) is 4.50. The Morgan fingerprint density at radius 3 is 2.69 bits per heavy atom. The van der Waals surface area contributed by atoms with E-state index in [2.05, 4.69) is 17.2 Å². The van der Waals surface area contributed by atoms with Crippen molar-refractivity contribution in [3.05, 3.63) is 53.9 Å². The Balaban J connectivity index is 1.56. The molecule has 2 atom stereocenters. The van der Waals surface area contributed by atoms with E-state index >= 15 is 0 Å². The smallest absolute Gasteiger partial charge is 0.231 e. The molecule has 2 aliphatic heterocycles. The first-order valence-electron chi connectivity index (χ1n) is 9.06. The van der Waals surface area contributed by atoms with Crippen LogP contribution in [0.5, 0.6) is 0 Å². The molecule has 4 rings (SSSR count). The van der Waals surface area contributed by atoms with Crippen molar-refractivity contribution in [3.63, 3.8) is 0 Å². The van der Waals surface area contributed by atoms with Crippen molar-refractivity contribution in [1.29, 1.82) is 0 Å². The molecule has 1 spiro atoms. The first-order valence-corrected chi connectivity index (χ1v) is 9.06. The molecule has 2 amide bonds. The lowest BCUT2D eigenvalue weighted by Gasteiger charge is -2.28. The van der Waals surface area contributed by atoms with Crippen molar-refractivity contribution in [2.24, 2.45) is 12.5 Å². The van der Waals surface area contributed by atoms with Gasteiger partial charge in [-0.25, -0.2) is 0 Å². The summed E-state index contributed by atoms with van der Waals surface area (Å²) in [6.07, 6.45) is 2.86. The molecule has 0 N–H and O–H groups in total. The molecule has 2 aromatic rings. The molecule has 0 bridgehead atoms. The second-order valence-corrected chi connectivity index (χ2v) is 7.53. The van der Waals surface area contributed by atoms with Crippen LogP contribution in [0.4, 0.5) is 0 Å². The Bertz CT molecular complexity index is 831. The molecular weight excluding hydrogens is 328 g/mol. The zero-order chi connectivity index (χ0) is 18.3. The number of hydrogen-bond acceptors (Lipinski definition) is 3. The molecule has 1 aromatic heterocycles. The Morgan fingerprint density at radius 2 is 2.00 bits per heavy atom. The van der Waals surface area contributed by atoms with Crippen molar-refractivity contribution in [2.45, 2.75) is 18.8 Å². The first kappa shape index (κ1) is 16.8. The maximum Gasteiger partial charge on any atom is 0.231 e. The average molecular weight is 352 g/mol. The Kier molecular flexibility index (Phi) is 4.05. The lowest BCUT2D eigenvalue weighted by atomic mass is 9.73. The fourth-order valence-electron chi connectivity index (χ4n) is 4.50. The Labute approximate surface area is 153 Å². The Morgan fingerprint density at radius 1 is 1.23 bits per heavy atom. The summed E-state index contributed by atoms with van der Waals surface area (Å²) >= 11 is 0. The van der Waals surface area contributed by atoms with Gasteiger partial charge in [-0.2, -0.15) is 5.10 Å². The van der Waals surface area contributed by atoms with E-state index in [1.165, 1.54) is 5.56 Å². The molecule has 3 heterocycles. The number of hydrogen-bond donors (Lipinski definition) is 0. The van der Waals surface area contributed by atoms with Gasteiger partial charge in [-0.1, -0.05) is 30.3 Å². The van der Waals surface area contributed by atoms with Crippen LogP contribution < -0.4 is 0 Å². The van der Waals surface area contributed by atoms with Gasteiger partial charge in [0.25, 0.3) is 0 Å². The number of amides is 2. The van der Waals surface area contributed by atoms with Crippen LogP contribution in [-0.4, -0.2) is 58.1 Å². The maximum atomic E-state index is 13.0. The van der Waals surface area contributed by atoms with Crippen LogP contribution >= 0.6 is 0 Å².